The van der Waals surface area contributed by atoms with E-state index in [-0.39, 0.29) is 18.0 Å². The van der Waals surface area contributed by atoms with Crippen molar-refractivity contribution < 1.29 is 4.79 Å². The predicted molar refractivity (Wildman–Crippen MR) is 71.5 cm³/mol. The summed E-state index contributed by atoms with van der Waals surface area (Å²) >= 11 is 5.79. The van der Waals surface area contributed by atoms with Gasteiger partial charge in [-0.05, 0) is 18.2 Å². The molecule has 6 nitrogen and oxygen atoms in total. The molecule has 98 valence electrons. The SMILES string of the molecule is O=C(Cc1cc(=O)[nH]c(=O)[nH]1)Nc1cccc(Cl)c1. The van der Waals surface area contributed by atoms with Gasteiger partial charge >= 0.3 is 5.69 Å². The quantitative estimate of drug-likeness (QED) is 0.779. The molecule has 2 rings (SSSR count). The molecule has 0 bridgehead atoms. The van der Waals surface area contributed by atoms with E-state index in [0.717, 1.165) is 0 Å². The zero-order chi connectivity index (χ0) is 13.8. The molecule has 1 amide bonds. The van der Waals surface area contributed by atoms with Crippen molar-refractivity contribution in [1.29, 1.82) is 0 Å². The Kier molecular flexibility index (Phi) is 3.82. The van der Waals surface area contributed by atoms with Crippen molar-refractivity contribution in [2.75, 3.05) is 5.32 Å². The van der Waals surface area contributed by atoms with Gasteiger partial charge in [0.15, 0.2) is 0 Å². The summed E-state index contributed by atoms with van der Waals surface area (Å²) in [5.41, 5.74) is -0.398. The number of anilines is 1. The number of carbonyl (C=O) groups is 1. The van der Waals surface area contributed by atoms with E-state index in [9.17, 15) is 14.4 Å². The number of aromatic amines is 2. The van der Waals surface area contributed by atoms with E-state index < -0.39 is 11.2 Å². The van der Waals surface area contributed by atoms with E-state index in [4.69, 9.17) is 11.6 Å². The highest BCUT2D eigenvalue weighted by molar-refractivity contribution is 6.30. The van der Waals surface area contributed by atoms with Gasteiger partial charge < -0.3 is 10.3 Å². The average Bonchev–Trinajstić information content (AvgIpc) is 2.26. The summed E-state index contributed by atoms with van der Waals surface area (Å²) in [6.45, 7) is 0. The van der Waals surface area contributed by atoms with Gasteiger partial charge in [0.05, 0.1) is 6.42 Å². The maximum absolute atomic E-state index is 11.7. The van der Waals surface area contributed by atoms with Crippen LogP contribution >= 0.6 is 11.6 Å². The first-order chi connectivity index (χ1) is 9.02. The van der Waals surface area contributed by atoms with E-state index in [1.54, 1.807) is 24.3 Å². The van der Waals surface area contributed by atoms with Crippen LogP contribution in [-0.2, 0) is 11.2 Å². The number of benzene rings is 1. The molecule has 0 unspecified atom stereocenters. The van der Waals surface area contributed by atoms with Crippen molar-refractivity contribution in [3.63, 3.8) is 0 Å². The number of H-pyrrole nitrogens is 2. The van der Waals surface area contributed by atoms with Crippen LogP contribution in [-0.4, -0.2) is 15.9 Å². The van der Waals surface area contributed by atoms with Crippen LogP contribution in [0, 0.1) is 0 Å². The fraction of sp³-hybridized carbons (Fsp3) is 0.0833. The largest absolute Gasteiger partial charge is 0.326 e. The number of halogens is 1. The standard InChI is InChI=1S/C12H10ClN3O3/c13-7-2-1-3-8(4-7)14-10(17)5-9-6-11(18)16-12(19)15-9/h1-4,6H,5H2,(H,14,17)(H2,15,16,18,19). The van der Waals surface area contributed by atoms with E-state index in [1.165, 1.54) is 6.07 Å². The van der Waals surface area contributed by atoms with Crippen molar-refractivity contribution in [2.45, 2.75) is 6.42 Å². The second-order valence-electron chi connectivity index (χ2n) is 3.85. The van der Waals surface area contributed by atoms with Crippen molar-refractivity contribution in [2.24, 2.45) is 0 Å². The van der Waals surface area contributed by atoms with Crippen LogP contribution < -0.4 is 16.6 Å². The Morgan fingerprint density at radius 2 is 2.00 bits per heavy atom. The minimum absolute atomic E-state index is 0.105. The van der Waals surface area contributed by atoms with Crippen LogP contribution in [0.4, 0.5) is 5.69 Å². The highest BCUT2D eigenvalue weighted by Gasteiger charge is 2.06. The molecular formula is C12H10ClN3O3. The molecule has 0 fully saturated rings. The first-order valence-corrected chi connectivity index (χ1v) is 5.79. The summed E-state index contributed by atoms with van der Waals surface area (Å²) in [6.07, 6.45) is -0.105. The molecule has 1 aromatic heterocycles. The average molecular weight is 280 g/mol. The molecule has 0 aliphatic carbocycles. The molecule has 3 N–H and O–H groups in total. The van der Waals surface area contributed by atoms with E-state index in [1.807, 2.05) is 4.98 Å². The molecule has 1 aromatic carbocycles. The minimum Gasteiger partial charge on any atom is -0.326 e. The Balaban J connectivity index is 2.09. The minimum atomic E-state index is -0.641. The summed E-state index contributed by atoms with van der Waals surface area (Å²) in [6, 6.07) is 7.84. The van der Waals surface area contributed by atoms with E-state index in [2.05, 4.69) is 10.3 Å². The molecule has 0 atom stereocenters. The van der Waals surface area contributed by atoms with Crippen LogP contribution in [0.5, 0.6) is 0 Å². The van der Waals surface area contributed by atoms with Crippen LogP contribution in [0.3, 0.4) is 0 Å². The lowest BCUT2D eigenvalue weighted by molar-refractivity contribution is -0.115. The fourth-order valence-corrected chi connectivity index (χ4v) is 1.75. The molecule has 0 aliphatic rings. The number of amides is 1. The van der Waals surface area contributed by atoms with Crippen LogP contribution in [0.15, 0.2) is 39.9 Å². The lowest BCUT2D eigenvalue weighted by Gasteiger charge is -2.05. The fourth-order valence-electron chi connectivity index (χ4n) is 1.56. The molecule has 0 spiro atoms. The smallest absolute Gasteiger partial charge is 0.325 e. The van der Waals surface area contributed by atoms with E-state index >= 15 is 0 Å². The molecule has 2 aromatic rings. The number of nitrogens with one attached hydrogen (secondary N) is 3. The van der Waals surface area contributed by atoms with E-state index in [0.29, 0.717) is 10.7 Å². The van der Waals surface area contributed by atoms with Gasteiger partial charge in [0.25, 0.3) is 5.56 Å². The lowest BCUT2D eigenvalue weighted by Crippen LogP contribution is -2.25. The molecule has 7 heteroatoms. The van der Waals surface area contributed by atoms with Gasteiger partial charge in [0.2, 0.25) is 5.91 Å². The Morgan fingerprint density at radius 1 is 1.21 bits per heavy atom. The highest BCUT2D eigenvalue weighted by atomic mass is 35.5. The summed E-state index contributed by atoms with van der Waals surface area (Å²) < 4.78 is 0. The molecule has 0 saturated carbocycles. The molecule has 0 radical (unpaired) electrons. The zero-order valence-corrected chi connectivity index (χ0v) is 10.5. The zero-order valence-electron chi connectivity index (χ0n) is 9.70. The Morgan fingerprint density at radius 3 is 2.68 bits per heavy atom. The van der Waals surface area contributed by atoms with Crippen LogP contribution in [0.2, 0.25) is 5.02 Å². The van der Waals surface area contributed by atoms with Gasteiger partial charge in [-0.15, -0.1) is 0 Å². The Bertz CT molecular complexity index is 692. The van der Waals surface area contributed by atoms with Gasteiger partial charge in [0, 0.05) is 22.5 Å². The number of hydrogen-bond acceptors (Lipinski definition) is 3. The van der Waals surface area contributed by atoms with Crippen molar-refractivity contribution in [1.82, 2.24) is 9.97 Å². The molecule has 0 saturated heterocycles. The normalized spacial score (nSPS) is 10.2. The third-order valence-corrected chi connectivity index (χ3v) is 2.51. The van der Waals surface area contributed by atoms with Gasteiger partial charge in [-0.2, -0.15) is 0 Å². The summed E-state index contributed by atoms with van der Waals surface area (Å²) in [5, 5.41) is 3.11. The van der Waals surface area contributed by atoms with Crippen molar-refractivity contribution >= 4 is 23.2 Å². The molecule has 0 aliphatic heterocycles. The Hall–Kier alpha value is -2.34. The van der Waals surface area contributed by atoms with Crippen molar-refractivity contribution in [3.8, 4) is 0 Å². The van der Waals surface area contributed by atoms with Gasteiger partial charge in [-0.3, -0.25) is 14.6 Å². The highest BCUT2D eigenvalue weighted by Crippen LogP contribution is 2.14. The van der Waals surface area contributed by atoms with Crippen LogP contribution in [0.1, 0.15) is 5.69 Å². The van der Waals surface area contributed by atoms with Crippen molar-refractivity contribution in [3.05, 3.63) is 61.9 Å². The number of rotatable bonds is 3. The van der Waals surface area contributed by atoms with Crippen LogP contribution in [0.25, 0.3) is 0 Å². The number of aromatic nitrogens is 2. The topological polar surface area (TPSA) is 94.8 Å². The van der Waals surface area contributed by atoms with Gasteiger partial charge in [0.1, 0.15) is 0 Å². The molecule has 19 heavy (non-hydrogen) atoms. The maximum Gasteiger partial charge on any atom is 0.325 e. The monoisotopic (exact) mass is 279 g/mol. The number of hydrogen-bond donors (Lipinski definition) is 3. The summed E-state index contributed by atoms with van der Waals surface area (Å²) in [4.78, 5) is 38.2. The van der Waals surface area contributed by atoms with Gasteiger partial charge in [-0.25, -0.2) is 4.79 Å². The summed E-state index contributed by atoms with van der Waals surface area (Å²) in [7, 11) is 0. The number of carbonyl (C=O) groups excluding carboxylic acids is 1. The third-order valence-electron chi connectivity index (χ3n) is 2.28. The first kappa shape index (κ1) is 13.1. The molecular weight excluding hydrogens is 270 g/mol. The third kappa shape index (κ3) is 3.82. The maximum atomic E-state index is 11.7. The van der Waals surface area contributed by atoms with Gasteiger partial charge in [-0.1, -0.05) is 17.7 Å². The second kappa shape index (κ2) is 5.53. The lowest BCUT2D eigenvalue weighted by atomic mass is 10.2. The second-order valence-corrected chi connectivity index (χ2v) is 4.28. The first-order valence-electron chi connectivity index (χ1n) is 5.41. The Labute approximate surface area is 112 Å². The summed E-state index contributed by atoms with van der Waals surface area (Å²) in [5.74, 6) is -0.358. The predicted octanol–water partition coefficient (Wildman–Crippen LogP) is 0.898. The molecule has 1 heterocycles.